The monoisotopic (exact) mass is 324 g/mol. The smallest absolute Gasteiger partial charge is 0.135 e. The molecule has 0 amide bonds. The van der Waals surface area contributed by atoms with E-state index >= 15 is 0 Å². The molecule has 0 aliphatic carbocycles. The Bertz CT molecular complexity index is 610. The summed E-state index contributed by atoms with van der Waals surface area (Å²) < 4.78 is 2.13. The summed E-state index contributed by atoms with van der Waals surface area (Å²) in [6, 6.07) is 7.82. The standard InChI is InChI=1S/C16H21ClN2OS/c1-4-8-19-14(10-20)18-15(11(2)3)16(19)21-13-7-5-6-12(17)9-13/h5-7,9,11,20H,4,8,10H2,1-3H3. The van der Waals surface area contributed by atoms with Gasteiger partial charge in [0, 0.05) is 16.5 Å². The molecule has 1 aromatic carbocycles. The van der Waals surface area contributed by atoms with Crippen molar-refractivity contribution in [1.82, 2.24) is 9.55 Å². The van der Waals surface area contributed by atoms with Crippen LogP contribution in [0.25, 0.3) is 0 Å². The quantitative estimate of drug-likeness (QED) is 0.836. The van der Waals surface area contributed by atoms with Gasteiger partial charge in [-0.05, 0) is 30.5 Å². The van der Waals surface area contributed by atoms with Gasteiger partial charge in [-0.25, -0.2) is 4.98 Å². The number of halogens is 1. The second-order valence-electron chi connectivity index (χ2n) is 5.24. The van der Waals surface area contributed by atoms with Gasteiger partial charge >= 0.3 is 0 Å². The summed E-state index contributed by atoms with van der Waals surface area (Å²) >= 11 is 7.74. The summed E-state index contributed by atoms with van der Waals surface area (Å²) in [4.78, 5) is 5.71. The summed E-state index contributed by atoms with van der Waals surface area (Å²) in [5.74, 6) is 1.06. The maximum absolute atomic E-state index is 9.56. The van der Waals surface area contributed by atoms with E-state index in [0.717, 1.165) is 39.4 Å². The Labute approximate surface area is 135 Å². The summed E-state index contributed by atoms with van der Waals surface area (Å²) in [6.45, 7) is 7.21. The molecule has 0 aliphatic rings. The van der Waals surface area contributed by atoms with E-state index in [4.69, 9.17) is 11.6 Å². The number of aromatic nitrogens is 2. The summed E-state index contributed by atoms with van der Waals surface area (Å²) in [6.07, 6.45) is 1.00. The van der Waals surface area contributed by atoms with Gasteiger partial charge in [0.15, 0.2) is 0 Å². The van der Waals surface area contributed by atoms with Crippen LogP contribution >= 0.6 is 23.4 Å². The Morgan fingerprint density at radius 3 is 2.71 bits per heavy atom. The van der Waals surface area contributed by atoms with Gasteiger partial charge in [-0.3, -0.25) is 0 Å². The lowest BCUT2D eigenvalue weighted by atomic mass is 10.1. The maximum atomic E-state index is 9.56. The van der Waals surface area contributed by atoms with Crippen molar-refractivity contribution in [2.75, 3.05) is 0 Å². The molecule has 0 bridgehead atoms. The molecule has 5 heteroatoms. The highest BCUT2D eigenvalue weighted by Crippen LogP contribution is 2.35. The van der Waals surface area contributed by atoms with Crippen LogP contribution in [0, 0.1) is 0 Å². The first-order valence-corrected chi connectivity index (χ1v) is 8.39. The van der Waals surface area contributed by atoms with Crippen molar-refractivity contribution in [3.05, 3.63) is 40.8 Å². The van der Waals surface area contributed by atoms with Crippen molar-refractivity contribution in [3.63, 3.8) is 0 Å². The van der Waals surface area contributed by atoms with Crippen LogP contribution in [-0.2, 0) is 13.2 Å². The molecule has 0 atom stereocenters. The fourth-order valence-corrected chi connectivity index (χ4v) is 3.71. The first kappa shape index (κ1) is 16.4. The van der Waals surface area contributed by atoms with Gasteiger partial charge in [-0.2, -0.15) is 0 Å². The third kappa shape index (κ3) is 3.82. The Morgan fingerprint density at radius 2 is 2.14 bits per heavy atom. The topological polar surface area (TPSA) is 38.0 Å². The average Bonchev–Trinajstić information content (AvgIpc) is 2.78. The van der Waals surface area contributed by atoms with Gasteiger partial charge in [0.05, 0.1) is 5.69 Å². The Kier molecular flexibility index (Phi) is 5.73. The number of benzene rings is 1. The molecule has 2 aromatic rings. The first-order chi connectivity index (χ1) is 10.1. The molecule has 0 spiro atoms. The first-order valence-electron chi connectivity index (χ1n) is 7.20. The third-order valence-electron chi connectivity index (χ3n) is 3.17. The van der Waals surface area contributed by atoms with Crippen molar-refractivity contribution in [2.45, 2.75) is 56.2 Å². The van der Waals surface area contributed by atoms with Crippen LogP contribution in [0.3, 0.4) is 0 Å². The van der Waals surface area contributed by atoms with E-state index in [1.807, 2.05) is 24.3 Å². The lowest BCUT2D eigenvalue weighted by Crippen LogP contribution is -2.04. The normalized spacial score (nSPS) is 11.3. The van der Waals surface area contributed by atoms with Crippen molar-refractivity contribution >= 4 is 23.4 Å². The fraction of sp³-hybridized carbons (Fsp3) is 0.438. The van der Waals surface area contributed by atoms with E-state index in [1.54, 1.807) is 11.8 Å². The predicted molar refractivity (Wildman–Crippen MR) is 88.1 cm³/mol. The second kappa shape index (κ2) is 7.34. The van der Waals surface area contributed by atoms with Gasteiger partial charge in [-0.15, -0.1) is 0 Å². The van der Waals surface area contributed by atoms with Crippen molar-refractivity contribution < 1.29 is 5.11 Å². The zero-order chi connectivity index (χ0) is 15.4. The highest BCUT2D eigenvalue weighted by molar-refractivity contribution is 7.99. The van der Waals surface area contributed by atoms with E-state index in [2.05, 4.69) is 30.3 Å². The molecule has 1 aromatic heterocycles. The number of aliphatic hydroxyl groups excluding tert-OH is 1. The average molecular weight is 325 g/mol. The Balaban J connectivity index is 2.46. The van der Waals surface area contributed by atoms with E-state index in [9.17, 15) is 5.11 Å². The minimum absolute atomic E-state index is 0.0319. The minimum Gasteiger partial charge on any atom is -0.388 e. The van der Waals surface area contributed by atoms with Crippen LogP contribution in [0.1, 0.15) is 44.6 Å². The van der Waals surface area contributed by atoms with Gasteiger partial charge < -0.3 is 9.67 Å². The van der Waals surface area contributed by atoms with Crippen LogP contribution in [-0.4, -0.2) is 14.7 Å². The molecule has 1 heterocycles. The van der Waals surface area contributed by atoms with Crippen LogP contribution in [0.5, 0.6) is 0 Å². The Morgan fingerprint density at radius 1 is 1.38 bits per heavy atom. The van der Waals surface area contributed by atoms with E-state index in [0.29, 0.717) is 5.92 Å². The molecule has 0 fully saturated rings. The SMILES string of the molecule is CCCn1c(CO)nc(C(C)C)c1Sc1cccc(Cl)c1. The minimum atomic E-state index is -0.0319. The van der Waals surface area contributed by atoms with Crippen molar-refractivity contribution in [2.24, 2.45) is 0 Å². The molecule has 1 N–H and O–H groups in total. The van der Waals surface area contributed by atoms with E-state index in [1.165, 1.54) is 0 Å². The molecule has 0 saturated carbocycles. The number of hydrogen-bond acceptors (Lipinski definition) is 3. The number of nitrogens with zero attached hydrogens (tertiary/aromatic N) is 2. The van der Waals surface area contributed by atoms with Crippen molar-refractivity contribution in [1.29, 1.82) is 0 Å². The largest absolute Gasteiger partial charge is 0.388 e. The Hall–Kier alpha value is -0.970. The molecule has 0 unspecified atom stereocenters. The van der Waals surface area contributed by atoms with E-state index in [-0.39, 0.29) is 6.61 Å². The van der Waals surface area contributed by atoms with Crippen LogP contribution in [0.4, 0.5) is 0 Å². The molecule has 3 nitrogen and oxygen atoms in total. The predicted octanol–water partition coefficient (Wildman–Crippen LogP) is 4.71. The van der Waals surface area contributed by atoms with Gasteiger partial charge in [-0.1, -0.05) is 50.2 Å². The molecule has 0 saturated heterocycles. The molecular formula is C16H21ClN2OS. The van der Waals surface area contributed by atoms with Crippen LogP contribution in [0.2, 0.25) is 5.02 Å². The molecule has 0 aliphatic heterocycles. The van der Waals surface area contributed by atoms with Crippen LogP contribution in [0.15, 0.2) is 34.2 Å². The summed E-state index contributed by atoms with van der Waals surface area (Å²) in [7, 11) is 0. The highest BCUT2D eigenvalue weighted by Gasteiger charge is 2.19. The highest BCUT2D eigenvalue weighted by atomic mass is 35.5. The third-order valence-corrected chi connectivity index (χ3v) is 4.52. The summed E-state index contributed by atoms with van der Waals surface area (Å²) in [5, 5.41) is 11.4. The maximum Gasteiger partial charge on any atom is 0.135 e. The summed E-state index contributed by atoms with van der Waals surface area (Å²) in [5.41, 5.74) is 1.04. The molecule has 0 radical (unpaired) electrons. The lowest BCUT2D eigenvalue weighted by molar-refractivity contribution is 0.263. The van der Waals surface area contributed by atoms with Gasteiger partial charge in [0.25, 0.3) is 0 Å². The van der Waals surface area contributed by atoms with Crippen LogP contribution < -0.4 is 0 Å². The zero-order valence-electron chi connectivity index (χ0n) is 12.6. The number of hydrogen-bond donors (Lipinski definition) is 1. The van der Waals surface area contributed by atoms with Gasteiger partial charge in [0.2, 0.25) is 0 Å². The second-order valence-corrected chi connectivity index (χ2v) is 6.74. The molecule has 2 rings (SSSR count). The van der Waals surface area contributed by atoms with Crippen molar-refractivity contribution in [3.8, 4) is 0 Å². The molecule has 114 valence electrons. The van der Waals surface area contributed by atoms with E-state index < -0.39 is 0 Å². The van der Waals surface area contributed by atoms with Gasteiger partial charge in [0.1, 0.15) is 17.5 Å². The fourth-order valence-electron chi connectivity index (χ4n) is 2.20. The number of aliphatic hydroxyl groups is 1. The number of imidazole rings is 1. The lowest BCUT2D eigenvalue weighted by Gasteiger charge is -2.12. The molecular weight excluding hydrogens is 304 g/mol. The zero-order valence-corrected chi connectivity index (χ0v) is 14.2. The number of rotatable bonds is 6. The molecule has 21 heavy (non-hydrogen) atoms.